The van der Waals surface area contributed by atoms with Gasteiger partial charge in [-0.15, -0.1) is 0 Å². The van der Waals surface area contributed by atoms with Gasteiger partial charge in [0.05, 0.1) is 11.0 Å². The van der Waals surface area contributed by atoms with Gasteiger partial charge in [-0.2, -0.15) is 0 Å². The summed E-state index contributed by atoms with van der Waals surface area (Å²) in [5.41, 5.74) is 1.51. The van der Waals surface area contributed by atoms with Crippen LogP contribution in [0.15, 0.2) is 53.6 Å². The summed E-state index contributed by atoms with van der Waals surface area (Å²) >= 11 is 0. The minimum absolute atomic E-state index is 0.0106. The van der Waals surface area contributed by atoms with Crippen molar-refractivity contribution in [3.05, 3.63) is 59.8 Å². The lowest BCUT2D eigenvalue weighted by molar-refractivity contribution is -0.116. The van der Waals surface area contributed by atoms with Crippen molar-refractivity contribution in [2.24, 2.45) is 0 Å². The van der Waals surface area contributed by atoms with E-state index in [1.807, 2.05) is 19.9 Å². The fraction of sp³-hybridized carbons (Fsp3) is 0.300. The summed E-state index contributed by atoms with van der Waals surface area (Å²) in [7, 11) is -3.48. The molecule has 0 unspecified atom stereocenters. The zero-order valence-electron chi connectivity index (χ0n) is 16.2. The first-order valence-corrected chi connectivity index (χ1v) is 10.5. The molecular formula is C20H25N3O4S. The average molecular weight is 404 g/mol. The van der Waals surface area contributed by atoms with Crippen LogP contribution >= 0.6 is 0 Å². The number of amides is 1. The molecule has 1 heterocycles. The Bertz CT molecular complexity index is 923. The summed E-state index contributed by atoms with van der Waals surface area (Å²) in [4.78, 5) is 16.4. The first kappa shape index (κ1) is 21.6. The molecule has 28 heavy (non-hydrogen) atoms. The predicted molar refractivity (Wildman–Crippen MR) is 108 cm³/mol. The largest absolute Gasteiger partial charge is 0.475 e. The number of nitrogens with one attached hydrogen (secondary N) is 2. The van der Waals surface area contributed by atoms with Crippen LogP contribution in [0.25, 0.3) is 6.08 Å². The second-order valence-corrected chi connectivity index (χ2v) is 8.02. The number of benzene rings is 1. The molecule has 0 radical (unpaired) electrons. The minimum Gasteiger partial charge on any atom is -0.475 e. The molecule has 0 saturated heterocycles. The van der Waals surface area contributed by atoms with Crippen molar-refractivity contribution in [2.45, 2.75) is 38.3 Å². The van der Waals surface area contributed by atoms with Gasteiger partial charge in [0.1, 0.15) is 0 Å². The van der Waals surface area contributed by atoms with Crippen LogP contribution in [0.2, 0.25) is 0 Å². The second-order valence-electron chi connectivity index (χ2n) is 6.26. The summed E-state index contributed by atoms with van der Waals surface area (Å²) in [6, 6.07) is 9.92. The van der Waals surface area contributed by atoms with Crippen LogP contribution in [0.5, 0.6) is 5.88 Å². The molecule has 0 aliphatic heterocycles. The second kappa shape index (κ2) is 10.0. The van der Waals surface area contributed by atoms with Crippen LogP contribution in [0, 0.1) is 0 Å². The lowest BCUT2D eigenvalue weighted by Crippen LogP contribution is -2.23. The molecule has 2 aromatic rings. The number of carbonyl (C=O) groups is 1. The molecule has 0 saturated carbocycles. The van der Waals surface area contributed by atoms with Crippen LogP contribution in [0.4, 0.5) is 0 Å². The highest BCUT2D eigenvalue weighted by molar-refractivity contribution is 7.89. The van der Waals surface area contributed by atoms with E-state index >= 15 is 0 Å². The van der Waals surface area contributed by atoms with Gasteiger partial charge in [0.15, 0.2) is 0 Å². The first-order chi connectivity index (χ1) is 13.3. The quantitative estimate of drug-likeness (QED) is 0.627. The minimum atomic E-state index is -3.48. The molecular weight excluding hydrogens is 378 g/mol. The van der Waals surface area contributed by atoms with Crippen molar-refractivity contribution in [3.63, 3.8) is 0 Å². The maximum atomic E-state index is 12.1. The number of nitrogens with zero attached hydrogens (tertiary/aromatic N) is 1. The van der Waals surface area contributed by atoms with Gasteiger partial charge in [-0.1, -0.05) is 25.1 Å². The fourth-order valence-electron chi connectivity index (χ4n) is 2.33. The average Bonchev–Trinajstić information content (AvgIpc) is 2.65. The normalized spacial score (nSPS) is 11.7. The molecule has 0 aliphatic rings. The predicted octanol–water partition coefficient (Wildman–Crippen LogP) is 2.50. The smallest absolute Gasteiger partial charge is 0.244 e. The van der Waals surface area contributed by atoms with E-state index in [2.05, 4.69) is 15.0 Å². The van der Waals surface area contributed by atoms with Crippen molar-refractivity contribution in [3.8, 4) is 5.88 Å². The van der Waals surface area contributed by atoms with Crippen LogP contribution in [0.1, 0.15) is 31.9 Å². The van der Waals surface area contributed by atoms with Gasteiger partial charge in [0.25, 0.3) is 0 Å². The van der Waals surface area contributed by atoms with Crippen LogP contribution in [-0.2, 0) is 21.4 Å². The summed E-state index contributed by atoms with van der Waals surface area (Å²) in [5.74, 6) is 0.225. The van der Waals surface area contributed by atoms with Crippen LogP contribution in [-0.4, -0.2) is 32.0 Å². The van der Waals surface area contributed by atoms with Gasteiger partial charge >= 0.3 is 0 Å². The van der Waals surface area contributed by atoms with Crippen molar-refractivity contribution in [1.29, 1.82) is 0 Å². The molecule has 2 rings (SSSR count). The van der Waals surface area contributed by atoms with E-state index in [9.17, 15) is 13.2 Å². The van der Waals surface area contributed by atoms with E-state index in [-0.39, 0.29) is 16.9 Å². The Hall–Kier alpha value is -2.71. The van der Waals surface area contributed by atoms with E-state index in [0.717, 1.165) is 11.1 Å². The summed E-state index contributed by atoms with van der Waals surface area (Å²) in [6.07, 6.45) is 4.65. The van der Waals surface area contributed by atoms with Crippen molar-refractivity contribution in [1.82, 2.24) is 15.0 Å². The molecule has 0 aliphatic carbocycles. The maximum Gasteiger partial charge on any atom is 0.244 e. The Morgan fingerprint density at radius 3 is 2.57 bits per heavy atom. The number of hydrogen-bond acceptors (Lipinski definition) is 5. The van der Waals surface area contributed by atoms with Gasteiger partial charge in [-0.3, -0.25) is 4.79 Å². The molecule has 0 fully saturated rings. The molecule has 8 heteroatoms. The molecule has 7 nitrogen and oxygen atoms in total. The summed E-state index contributed by atoms with van der Waals surface area (Å²) < 4.78 is 31.9. The standard InChI is InChI=1S/C20H25N3O4S/c1-4-23-28(25,26)18-10-7-16(8-11-18)9-12-19(24)22-14-17-6-5-13-21-20(17)27-15(2)3/h5-13,15,23H,4,14H2,1-3H3,(H,22,24)/b12-9+. The molecule has 0 atom stereocenters. The molecule has 1 aromatic heterocycles. The monoisotopic (exact) mass is 403 g/mol. The molecule has 1 aromatic carbocycles. The van der Waals surface area contributed by atoms with Crippen LogP contribution in [0.3, 0.4) is 0 Å². The van der Waals surface area contributed by atoms with Gasteiger partial charge in [-0.05, 0) is 43.7 Å². The van der Waals surface area contributed by atoms with E-state index in [1.54, 1.807) is 37.4 Å². The Labute approximate surface area is 165 Å². The number of aromatic nitrogens is 1. The van der Waals surface area contributed by atoms with Crippen molar-refractivity contribution < 1.29 is 17.9 Å². The Balaban J connectivity index is 1.96. The molecule has 1 amide bonds. The highest BCUT2D eigenvalue weighted by Gasteiger charge is 2.11. The lowest BCUT2D eigenvalue weighted by atomic mass is 10.2. The highest BCUT2D eigenvalue weighted by atomic mass is 32.2. The fourth-order valence-corrected chi connectivity index (χ4v) is 3.37. The lowest BCUT2D eigenvalue weighted by Gasteiger charge is -2.12. The SMILES string of the molecule is CCNS(=O)(=O)c1ccc(/C=C/C(=O)NCc2cccnc2OC(C)C)cc1. The van der Waals surface area contributed by atoms with E-state index in [0.29, 0.717) is 19.0 Å². The number of ether oxygens (including phenoxy) is 1. The van der Waals surface area contributed by atoms with Gasteiger partial charge in [0.2, 0.25) is 21.8 Å². The third-order valence-corrected chi connectivity index (χ3v) is 5.16. The summed E-state index contributed by atoms with van der Waals surface area (Å²) in [5, 5.41) is 2.78. The third-order valence-electron chi connectivity index (χ3n) is 3.60. The van der Waals surface area contributed by atoms with Gasteiger partial charge < -0.3 is 10.1 Å². The Morgan fingerprint density at radius 2 is 1.93 bits per heavy atom. The zero-order chi connectivity index (χ0) is 20.6. The first-order valence-electron chi connectivity index (χ1n) is 8.98. The number of pyridine rings is 1. The molecule has 0 bridgehead atoms. The van der Waals surface area contributed by atoms with Crippen LogP contribution < -0.4 is 14.8 Å². The van der Waals surface area contributed by atoms with E-state index in [1.165, 1.54) is 18.2 Å². The third kappa shape index (κ3) is 6.47. The number of carbonyl (C=O) groups excluding carboxylic acids is 1. The Morgan fingerprint density at radius 1 is 1.21 bits per heavy atom. The molecule has 2 N–H and O–H groups in total. The molecule has 150 valence electrons. The zero-order valence-corrected chi connectivity index (χ0v) is 17.0. The molecule has 0 spiro atoms. The number of hydrogen-bond donors (Lipinski definition) is 2. The van der Waals surface area contributed by atoms with Crippen molar-refractivity contribution in [2.75, 3.05) is 6.54 Å². The highest BCUT2D eigenvalue weighted by Crippen LogP contribution is 2.15. The van der Waals surface area contributed by atoms with Crippen molar-refractivity contribution >= 4 is 22.0 Å². The topological polar surface area (TPSA) is 97.4 Å². The van der Waals surface area contributed by atoms with Gasteiger partial charge in [0, 0.05) is 30.9 Å². The maximum absolute atomic E-state index is 12.1. The van der Waals surface area contributed by atoms with E-state index in [4.69, 9.17) is 4.74 Å². The Kier molecular flexibility index (Phi) is 7.71. The van der Waals surface area contributed by atoms with E-state index < -0.39 is 10.0 Å². The number of rotatable bonds is 9. The van der Waals surface area contributed by atoms with Gasteiger partial charge in [-0.25, -0.2) is 18.1 Å². The summed E-state index contributed by atoms with van der Waals surface area (Å²) in [6.45, 7) is 6.16. The number of sulfonamides is 1.